The van der Waals surface area contributed by atoms with E-state index in [0.29, 0.717) is 11.1 Å². The van der Waals surface area contributed by atoms with Crippen LogP contribution in [-0.2, 0) is 4.79 Å². The second-order valence-electron chi connectivity index (χ2n) is 5.45. The minimum atomic E-state index is -0.934. The van der Waals surface area contributed by atoms with Crippen molar-refractivity contribution < 1.29 is 9.90 Å². The van der Waals surface area contributed by atoms with Gasteiger partial charge in [0.25, 0.3) is 0 Å². The number of anilines is 1. The molecule has 0 radical (unpaired) electrons. The number of benzene rings is 1. The summed E-state index contributed by atoms with van der Waals surface area (Å²) in [5.74, 6) is -0.934. The number of carboxylic acid groups (broad SMARTS) is 1. The predicted molar refractivity (Wildman–Crippen MR) is 88.0 cm³/mol. The van der Waals surface area contributed by atoms with Crippen LogP contribution in [-0.4, -0.2) is 23.7 Å². The van der Waals surface area contributed by atoms with Crippen molar-refractivity contribution in [3.05, 3.63) is 34.9 Å². The van der Waals surface area contributed by atoms with Gasteiger partial charge in [-0.3, -0.25) is 0 Å². The fourth-order valence-electron chi connectivity index (χ4n) is 3.09. The average Bonchev–Trinajstić information content (AvgIpc) is 2.48. The van der Waals surface area contributed by atoms with Crippen molar-refractivity contribution >= 4 is 29.3 Å². The molecule has 3 nitrogen and oxygen atoms in total. The molecule has 0 bridgehead atoms. The highest BCUT2D eigenvalue weighted by atomic mass is 35.5. The smallest absolute Gasteiger partial charge is 0.328 e. The van der Waals surface area contributed by atoms with Gasteiger partial charge in [0.15, 0.2) is 0 Å². The molecule has 114 valence electrons. The highest BCUT2D eigenvalue weighted by molar-refractivity contribution is 6.31. The Kier molecular flexibility index (Phi) is 5.68. The lowest BCUT2D eigenvalue weighted by atomic mass is 9.93. The lowest BCUT2D eigenvalue weighted by molar-refractivity contribution is -0.131. The zero-order valence-electron chi connectivity index (χ0n) is 12.4. The first-order valence-corrected chi connectivity index (χ1v) is 7.97. The van der Waals surface area contributed by atoms with Crippen LogP contribution in [0.15, 0.2) is 24.3 Å². The van der Waals surface area contributed by atoms with Crippen LogP contribution in [0.4, 0.5) is 5.69 Å². The van der Waals surface area contributed by atoms with E-state index in [1.807, 2.05) is 12.1 Å². The van der Waals surface area contributed by atoms with Crippen molar-refractivity contribution in [3.63, 3.8) is 0 Å². The Labute approximate surface area is 131 Å². The van der Waals surface area contributed by atoms with Gasteiger partial charge in [0.05, 0.1) is 0 Å². The Balaban J connectivity index is 2.33. The van der Waals surface area contributed by atoms with E-state index in [2.05, 4.69) is 11.8 Å². The van der Waals surface area contributed by atoms with Gasteiger partial charge >= 0.3 is 5.97 Å². The molecular weight excluding hydrogens is 286 g/mol. The van der Waals surface area contributed by atoms with Crippen molar-refractivity contribution in [1.82, 2.24) is 0 Å². The fraction of sp³-hybridized carbons (Fsp3) is 0.471. The molecule has 1 saturated carbocycles. The maximum Gasteiger partial charge on any atom is 0.328 e. The lowest BCUT2D eigenvalue weighted by Crippen LogP contribution is -2.37. The number of carbonyl (C=O) groups is 1. The molecule has 2 rings (SSSR count). The summed E-state index contributed by atoms with van der Waals surface area (Å²) in [6, 6.07) is 6.17. The Morgan fingerprint density at radius 1 is 1.38 bits per heavy atom. The molecule has 0 saturated heterocycles. The maximum absolute atomic E-state index is 10.8. The third-order valence-electron chi connectivity index (χ3n) is 4.06. The number of carboxylic acids is 1. The van der Waals surface area contributed by atoms with Crippen molar-refractivity contribution in [3.8, 4) is 0 Å². The van der Waals surface area contributed by atoms with Gasteiger partial charge < -0.3 is 10.0 Å². The topological polar surface area (TPSA) is 40.5 Å². The molecule has 1 aromatic rings. The SMILES string of the molecule is CCN(c1cc(Cl)ccc1/C=C/C(=O)O)C1CCCCC1. The molecule has 0 aliphatic heterocycles. The van der Waals surface area contributed by atoms with E-state index < -0.39 is 5.97 Å². The molecule has 1 aromatic carbocycles. The standard InChI is InChI=1S/C17H22ClNO2/c1-2-19(15-6-4-3-5-7-15)16-12-14(18)10-8-13(16)9-11-17(20)21/h8-12,15H,2-7H2,1H3,(H,20,21)/b11-9+. The van der Waals surface area contributed by atoms with E-state index >= 15 is 0 Å². The van der Waals surface area contributed by atoms with Crippen molar-refractivity contribution in [2.75, 3.05) is 11.4 Å². The van der Waals surface area contributed by atoms with E-state index in [1.165, 1.54) is 38.2 Å². The molecule has 1 N–H and O–H groups in total. The maximum atomic E-state index is 10.8. The number of hydrogen-bond donors (Lipinski definition) is 1. The first-order chi connectivity index (χ1) is 10.1. The Morgan fingerprint density at radius 3 is 2.71 bits per heavy atom. The summed E-state index contributed by atoms with van der Waals surface area (Å²) in [4.78, 5) is 13.1. The van der Waals surface area contributed by atoms with Gasteiger partial charge in [0, 0.05) is 29.4 Å². The van der Waals surface area contributed by atoms with E-state index in [9.17, 15) is 4.79 Å². The zero-order chi connectivity index (χ0) is 15.2. The number of rotatable bonds is 5. The number of aliphatic carboxylic acids is 1. The van der Waals surface area contributed by atoms with Gasteiger partial charge in [-0.05, 0) is 43.5 Å². The van der Waals surface area contributed by atoms with Crippen LogP contribution in [0.25, 0.3) is 6.08 Å². The third kappa shape index (κ3) is 4.24. The van der Waals surface area contributed by atoms with E-state index in [4.69, 9.17) is 16.7 Å². The second-order valence-corrected chi connectivity index (χ2v) is 5.89. The van der Waals surface area contributed by atoms with Crippen LogP contribution in [0.2, 0.25) is 5.02 Å². The molecule has 0 aromatic heterocycles. The van der Waals surface area contributed by atoms with Crippen LogP contribution in [0.5, 0.6) is 0 Å². The highest BCUT2D eigenvalue weighted by Crippen LogP contribution is 2.32. The fourth-order valence-corrected chi connectivity index (χ4v) is 3.25. The third-order valence-corrected chi connectivity index (χ3v) is 4.30. The lowest BCUT2D eigenvalue weighted by Gasteiger charge is -2.36. The summed E-state index contributed by atoms with van der Waals surface area (Å²) in [6.45, 7) is 3.04. The van der Waals surface area contributed by atoms with Gasteiger partial charge in [-0.2, -0.15) is 0 Å². The van der Waals surface area contributed by atoms with Crippen LogP contribution < -0.4 is 4.90 Å². The van der Waals surface area contributed by atoms with Gasteiger partial charge in [-0.15, -0.1) is 0 Å². The molecular formula is C17H22ClNO2. The first-order valence-electron chi connectivity index (χ1n) is 7.59. The summed E-state index contributed by atoms with van der Waals surface area (Å²) < 4.78 is 0. The normalized spacial score (nSPS) is 16.3. The molecule has 1 aliphatic rings. The molecule has 0 amide bonds. The zero-order valence-corrected chi connectivity index (χ0v) is 13.1. The van der Waals surface area contributed by atoms with Gasteiger partial charge in [-0.1, -0.05) is 36.9 Å². The summed E-state index contributed by atoms with van der Waals surface area (Å²) in [5.41, 5.74) is 1.95. The molecule has 1 fully saturated rings. The number of nitrogens with zero attached hydrogens (tertiary/aromatic N) is 1. The summed E-state index contributed by atoms with van der Waals surface area (Å²) in [7, 11) is 0. The summed E-state index contributed by atoms with van der Waals surface area (Å²) in [6.07, 6.45) is 9.07. The van der Waals surface area contributed by atoms with E-state index in [-0.39, 0.29) is 0 Å². The van der Waals surface area contributed by atoms with E-state index in [0.717, 1.165) is 17.8 Å². The van der Waals surface area contributed by atoms with E-state index in [1.54, 1.807) is 12.1 Å². The van der Waals surface area contributed by atoms with Gasteiger partial charge in [-0.25, -0.2) is 4.79 Å². The first kappa shape index (κ1) is 15.9. The molecule has 1 aliphatic carbocycles. The monoisotopic (exact) mass is 307 g/mol. The molecule has 0 atom stereocenters. The number of halogens is 1. The average molecular weight is 308 g/mol. The summed E-state index contributed by atoms with van der Waals surface area (Å²) >= 11 is 6.15. The minimum absolute atomic E-state index is 0.527. The highest BCUT2D eigenvalue weighted by Gasteiger charge is 2.21. The van der Waals surface area contributed by atoms with Crippen molar-refractivity contribution in [2.24, 2.45) is 0 Å². The number of hydrogen-bond acceptors (Lipinski definition) is 2. The van der Waals surface area contributed by atoms with Crippen LogP contribution in [0.1, 0.15) is 44.6 Å². The van der Waals surface area contributed by atoms with Crippen LogP contribution in [0.3, 0.4) is 0 Å². The second kappa shape index (κ2) is 7.51. The van der Waals surface area contributed by atoms with Crippen molar-refractivity contribution in [2.45, 2.75) is 45.1 Å². The van der Waals surface area contributed by atoms with Gasteiger partial charge in [0.2, 0.25) is 0 Å². The molecule has 0 heterocycles. The van der Waals surface area contributed by atoms with Crippen LogP contribution in [0, 0.1) is 0 Å². The van der Waals surface area contributed by atoms with Crippen molar-refractivity contribution in [1.29, 1.82) is 0 Å². The molecule has 4 heteroatoms. The predicted octanol–water partition coefficient (Wildman–Crippen LogP) is 4.60. The summed E-state index contributed by atoms with van der Waals surface area (Å²) in [5, 5.41) is 9.53. The largest absolute Gasteiger partial charge is 0.478 e. The Bertz CT molecular complexity index is 522. The molecule has 0 spiro atoms. The molecule has 21 heavy (non-hydrogen) atoms. The van der Waals surface area contributed by atoms with Gasteiger partial charge in [0.1, 0.15) is 0 Å². The van der Waals surface area contributed by atoms with Crippen LogP contribution >= 0.6 is 11.6 Å². The quantitative estimate of drug-likeness (QED) is 0.808. The Hall–Kier alpha value is -1.48. The Morgan fingerprint density at radius 2 is 2.10 bits per heavy atom. The minimum Gasteiger partial charge on any atom is -0.478 e. The molecule has 0 unspecified atom stereocenters.